The molecule has 1 heterocycles. The van der Waals surface area contributed by atoms with Gasteiger partial charge in [0.2, 0.25) is 5.88 Å². The van der Waals surface area contributed by atoms with Gasteiger partial charge in [-0.1, -0.05) is 30.3 Å². The monoisotopic (exact) mass is 272 g/mol. The summed E-state index contributed by atoms with van der Waals surface area (Å²) in [6, 6.07) is 10.3. The molecule has 2 aromatic rings. The van der Waals surface area contributed by atoms with Gasteiger partial charge < -0.3 is 15.8 Å². The molecule has 2 rings (SSSR count). The standard InChI is InChI=1S/C15H20N4O/c1-11(2)20-15-13(16)14(18-10-19-15)17-9-8-12-6-4-3-5-7-12/h3-7,10-11H,8-9,16H2,1-2H3,(H,17,18,19). The predicted molar refractivity (Wildman–Crippen MR) is 80.8 cm³/mol. The molecule has 0 bridgehead atoms. The third-order valence-corrected chi connectivity index (χ3v) is 2.74. The van der Waals surface area contributed by atoms with Crippen molar-refractivity contribution < 1.29 is 4.74 Å². The van der Waals surface area contributed by atoms with Crippen molar-refractivity contribution in [3.63, 3.8) is 0 Å². The van der Waals surface area contributed by atoms with E-state index in [1.165, 1.54) is 11.9 Å². The molecule has 20 heavy (non-hydrogen) atoms. The quantitative estimate of drug-likeness (QED) is 0.845. The molecule has 0 aliphatic rings. The molecule has 0 radical (unpaired) electrons. The van der Waals surface area contributed by atoms with Crippen molar-refractivity contribution in [2.24, 2.45) is 0 Å². The van der Waals surface area contributed by atoms with E-state index in [4.69, 9.17) is 10.5 Å². The smallest absolute Gasteiger partial charge is 0.242 e. The molecular weight excluding hydrogens is 252 g/mol. The molecule has 5 nitrogen and oxygen atoms in total. The van der Waals surface area contributed by atoms with Crippen LogP contribution in [-0.2, 0) is 6.42 Å². The van der Waals surface area contributed by atoms with Gasteiger partial charge in [-0.05, 0) is 25.8 Å². The highest BCUT2D eigenvalue weighted by Gasteiger charge is 2.10. The number of nitrogen functional groups attached to an aromatic ring is 1. The number of ether oxygens (including phenoxy) is 1. The molecule has 5 heteroatoms. The van der Waals surface area contributed by atoms with Crippen molar-refractivity contribution >= 4 is 11.5 Å². The minimum atomic E-state index is 0.0318. The van der Waals surface area contributed by atoms with E-state index < -0.39 is 0 Å². The van der Waals surface area contributed by atoms with Crippen molar-refractivity contribution in [3.05, 3.63) is 42.2 Å². The van der Waals surface area contributed by atoms with Gasteiger partial charge in [0.15, 0.2) is 5.82 Å². The maximum absolute atomic E-state index is 6.00. The van der Waals surface area contributed by atoms with E-state index in [1.54, 1.807) is 0 Å². The first kappa shape index (κ1) is 14.1. The lowest BCUT2D eigenvalue weighted by Crippen LogP contribution is -2.13. The predicted octanol–water partition coefficient (Wildman–Crippen LogP) is 2.50. The number of nitrogens with zero attached hydrogens (tertiary/aromatic N) is 2. The fourth-order valence-electron chi connectivity index (χ4n) is 1.81. The number of nitrogens with one attached hydrogen (secondary N) is 1. The molecule has 0 aliphatic carbocycles. The van der Waals surface area contributed by atoms with E-state index in [2.05, 4.69) is 27.4 Å². The van der Waals surface area contributed by atoms with Gasteiger partial charge in [-0.15, -0.1) is 0 Å². The van der Waals surface area contributed by atoms with Gasteiger partial charge >= 0.3 is 0 Å². The van der Waals surface area contributed by atoms with E-state index in [0.29, 0.717) is 17.4 Å². The van der Waals surface area contributed by atoms with Crippen molar-refractivity contribution in [2.45, 2.75) is 26.4 Å². The van der Waals surface area contributed by atoms with Gasteiger partial charge in [0.05, 0.1) is 6.10 Å². The van der Waals surface area contributed by atoms with Gasteiger partial charge in [-0.25, -0.2) is 4.98 Å². The molecule has 0 spiro atoms. The first-order chi connectivity index (χ1) is 9.66. The van der Waals surface area contributed by atoms with Crippen LogP contribution in [0.1, 0.15) is 19.4 Å². The van der Waals surface area contributed by atoms with Crippen LogP contribution in [0.15, 0.2) is 36.7 Å². The molecular formula is C15H20N4O. The van der Waals surface area contributed by atoms with Crippen LogP contribution in [-0.4, -0.2) is 22.6 Å². The van der Waals surface area contributed by atoms with Crippen LogP contribution in [0.4, 0.5) is 11.5 Å². The number of hydrogen-bond donors (Lipinski definition) is 2. The lowest BCUT2D eigenvalue weighted by Gasteiger charge is -2.13. The SMILES string of the molecule is CC(C)Oc1ncnc(NCCc2ccccc2)c1N. The number of benzene rings is 1. The summed E-state index contributed by atoms with van der Waals surface area (Å²) in [6.07, 6.45) is 2.40. The minimum absolute atomic E-state index is 0.0318. The summed E-state index contributed by atoms with van der Waals surface area (Å²) >= 11 is 0. The van der Waals surface area contributed by atoms with Crippen molar-refractivity contribution in [1.29, 1.82) is 0 Å². The zero-order chi connectivity index (χ0) is 14.4. The lowest BCUT2D eigenvalue weighted by atomic mass is 10.1. The normalized spacial score (nSPS) is 10.6. The van der Waals surface area contributed by atoms with Crippen LogP contribution in [0.25, 0.3) is 0 Å². The molecule has 0 amide bonds. The second kappa shape index (κ2) is 6.75. The van der Waals surface area contributed by atoms with E-state index >= 15 is 0 Å². The molecule has 106 valence electrons. The molecule has 0 saturated carbocycles. The molecule has 1 aromatic heterocycles. The Morgan fingerprint density at radius 3 is 2.65 bits per heavy atom. The molecule has 3 N–H and O–H groups in total. The molecule has 0 unspecified atom stereocenters. The Morgan fingerprint density at radius 1 is 1.20 bits per heavy atom. The number of hydrogen-bond acceptors (Lipinski definition) is 5. The summed E-state index contributed by atoms with van der Waals surface area (Å²) in [4.78, 5) is 8.20. The first-order valence-corrected chi connectivity index (χ1v) is 6.71. The highest BCUT2D eigenvalue weighted by Crippen LogP contribution is 2.25. The summed E-state index contributed by atoms with van der Waals surface area (Å²) in [5, 5.41) is 3.22. The molecule has 0 saturated heterocycles. The zero-order valence-corrected chi connectivity index (χ0v) is 11.8. The third-order valence-electron chi connectivity index (χ3n) is 2.74. The van der Waals surface area contributed by atoms with Gasteiger partial charge in [-0.3, -0.25) is 0 Å². The Labute approximate surface area is 119 Å². The van der Waals surface area contributed by atoms with Gasteiger partial charge in [0.1, 0.15) is 12.0 Å². The van der Waals surface area contributed by atoms with Crippen LogP contribution in [0.2, 0.25) is 0 Å². The average Bonchev–Trinajstić information content (AvgIpc) is 2.43. The van der Waals surface area contributed by atoms with Crippen molar-refractivity contribution in [2.75, 3.05) is 17.6 Å². The van der Waals surface area contributed by atoms with Crippen LogP contribution >= 0.6 is 0 Å². The summed E-state index contributed by atoms with van der Waals surface area (Å²) in [6.45, 7) is 4.63. The second-order valence-corrected chi connectivity index (χ2v) is 4.77. The zero-order valence-electron chi connectivity index (χ0n) is 11.8. The summed E-state index contributed by atoms with van der Waals surface area (Å²) < 4.78 is 5.53. The largest absolute Gasteiger partial charge is 0.473 e. The number of nitrogens with two attached hydrogens (primary N) is 1. The second-order valence-electron chi connectivity index (χ2n) is 4.77. The van der Waals surface area contributed by atoms with E-state index in [1.807, 2.05) is 32.0 Å². The molecule has 0 atom stereocenters. The third kappa shape index (κ3) is 3.85. The maximum Gasteiger partial charge on any atom is 0.242 e. The van der Waals surface area contributed by atoms with Crippen LogP contribution < -0.4 is 15.8 Å². The highest BCUT2D eigenvalue weighted by atomic mass is 16.5. The minimum Gasteiger partial charge on any atom is -0.473 e. The molecule has 0 fully saturated rings. The Hall–Kier alpha value is -2.30. The summed E-state index contributed by atoms with van der Waals surface area (Å²) in [7, 11) is 0. The average molecular weight is 272 g/mol. The van der Waals surface area contributed by atoms with E-state index in [-0.39, 0.29) is 6.10 Å². The number of anilines is 2. The fraction of sp³-hybridized carbons (Fsp3) is 0.333. The molecule has 0 aliphatic heterocycles. The van der Waals surface area contributed by atoms with E-state index in [9.17, 15) is 0 Å². The summed E-state index contributed by atoms with van der Waals surface area (Å²) in [5.74, 6) is 1.05. The first-order valence-electron chi connectivity index (χ1n) is 6.71. The van der Waals surface area contributed by atoms with Gasteiger partial charge in [-0.2, -0.15) is 4.98 Å². The molecule has 1 aromatic carbocycles. The van der Waals surface area contributed by atoms with Crippen molar-refractivity contribution in [3.8, 4) is 5.88 Å². The van der Waals surface area contributed by atoms with Crippen LogP contribution in [0.5, 0.6) is 5.88 Å². The number of rotatable bonds is 6. The van der Waals surface area contributed by atoms with Gasteiger partial charge in [0, 0.05) is 6.54 Å². The lowest BCUT2D eigenvalue weighted by molar-refractivity contribution is 0.234. The summed E-state index contributed by atoms with van der Waals surface area (Å²) in [5.41, 5.74) is 7.72. The van der Waals surface area contributed by atoms with Crippen LogP contribution in [0.3, 0.4) is 0 Å². The topological polar surface area (TPSA) is 73.1 Å². The van der Waals surface area contributed by atoms with E-state index in [0.717, 1.165) is 13.0 Å². The Bertz CT molecular complexity index is 543. The van der Waals surface area contributed by atoms with Crippen LogP contribution in [0, 0.1) is 0 Å². The Morgan fingerprint density at radius 2 is 1.95 bits per heavy atom. The highest BCUT2D eigenvalue weighted by molar-refractivity contribution is 5.66. The fourth-order valence-corrected chi connectivity index (χ4v) is 1.81. The van der Waals surface area contributed by atoms with Gasteiger partial charge in [0.25, 0.3) is 0 Å². The van der Waals surface area contributed by atoms with Crippen molar-refractivity contribution in [1.82, 2.24) is 9.97 Å². The Balaban J connectivity index is 1.96. The Kier molecular flexibility index (Phi) is 4.76. The number of aromatic nitrogens is 2. The maximum atomic E-state index is 6.00.